The van der Waals surface area contributed by atoms with Gasteiger partial charge in [-0.05, 0) is 25.5 Å². The summed E-state index contributed by atoms with van der Waals surface area (Å²) >= 11 is 5.62. The maximum absolute atomic E-state index is 13.5. The van der Waals surface area contributed by atoms with Gasteiger partial charge < -0.3 is 15.7 Å². The maximum atomic E-state index is 13.5. The number of carbonyl (C=O) groups is 2. The van der Waals surface area contributed by atoms with E-state index in [1.807, 2.05) is 0 Å². The third-order valence-corrected chi connectivity index (χ3v) is 3.26. The molecule has 0 aliphatic carbocycles. The second-order valence-electron chi connectivity index (χ2n) is 4.53. The average molecular weight is 303 g/mol. The van der Waals surface area contributed by atoms with Crippen LogP contribution in [0.4, 0.5) is 9.18 Å². The van der Waals surface area contributed by atoms with E-state index in [4.69, 9.17) is 16.7 Å². The zero-order valence-electron chi connectivity index (χ0n) is 11.2. The first-order valence-corrected chi connectivity index (χ1v) is 6.39. The lowest BCUT2D eigenvalue weighted by molar-refractivity contribution is -0.143. The van der Waals surface area contributed by atoms with Crippen LogP contribution >= 0.6 is 11.6 Å². The van der Waals surface area contributed by atoms with E-state index in [1.54, 1.807) is 6.92 Å². The summed E-state index contributed by atoms with van der Waals surface area (Å²) in [5, 5.41) is 14.0. The molecule has 7 heteroatoms. The summed E-state index contributed by atoms with van der Waals surface area (Å²) in [4.78, 5) is 22.7. The van der Waals surface area contributed by atoms with Crippen molar-refractivity contribution in [2.45, 2.75) is 32.4 Å². The Bertz CT molecular complexity index is 524. The number of carboxylic acids is 1. The average Bonchev–Trinajstić information content (AvgIpc) is 2.37. The number of aliphatic carboxylic acids is 1. The van der Waals surface area contributed by atoms with Crippen molar-refractivity contribution >= 4 is 23.6 Å². The van der Waals surface area contributed by atoms with Gasteiger partial charge in [-0.3, -0.25) is 0 Å². The van der Waals surface area contributed by atoms with Crippen molar-refractivity contribution in [1.82, 2.24) is 10.6 Å². The Labute approximate surface area is 121 Å². The monoisotopic (exact) mass is 302 g/mol. The molecule has 0 spiro atoms. The third-order valence-electron chi connectivity index (χ3n) is 3.02. The Balaban J connectivity index is 2.62. The first kappa shape index (κ1) is 16.2. The number of halogens is 2. The van der Waals surface area contributed by atoms with E-state index < -0.39 is 23.4 Å². The molecule has 1 aromatic carbocycles. The highest BCUT2D eigenvalue weighted by Gasteiger charge is 2.32. The molecule has 3 N–H and O–H groups in total. The first-order valence-electron chi connectivity index (χ1n) is 6.02. The van der Waals surface area contributed by atoms with Crippen molar-refractivity contribution < 1.29 is 19.1 Å². The lowest BCUT2D eigenvalue weighted by Crippen LogP contribution is -2.54. The second kappa shape index (κ2) is 6.56. The molecule has 110 valence electrons. The number of urea groups is 1. The van der Waals surface area contributed by atoms with Crippen LogP contribution in [0.3, 0.4) is 0 Å². The second-order valence-corrected chi connectivity index (χ2v) is 4.97. The molecule has 0 radical (unpaired) electrons. The van der Waals surface area contributed by atoms with Crippen LogP contribution in [0.15, 0.2) is 18.2 Å². The summed E-state index contributed by atoms with van der Waals surface area (Å²) in [6, 6.07) is 3.43. The van der Waals surface area contributed by atoms with Crippen molar-refractivity contribution in [3.8, 4) is 0 Å². The maximum Gasteiger partial charge on any atom is 0.329 e. The van der Waals surface area contributed by atoms with Crippen LogP contribution in [-0.4, -0.2) is 22.6 Å². The number of hydrogen-bond donors (Lipinski definition) is 3. The van der Waals surface area contributed by atoms with Gasteiger partial charge in [0.15, 0.2) is 0 Å². The van der Waals surface area contributed by atoms with Gasteiger partial charge in [-0.2, -0.15) is 0 Å². The van der Waals surface area contributed by atoms with Gasteiger partial charge >= 0.3 is 12.0 Å². The Morgan fingerprint density at radius 3 is 2.60 bits per heavy atom. The number of carbonyl (C=O) groups excluding carboxylic acids is 1. The van der Waals surface area contributed by atoms with E-state index in [0.717, 1.165) is 6.07 Å². The van der Waals surface area contributed by atoms with Gasteiger partial charge in [0.05, 0.1) is 0 Å². The van der Waals surface area contributed by atoms with Gasteiger partial charge in [-0.1, -0.05) is 24.6 Å². The zero-order valence-corrected chi connectivity index (χ0v) is 11.9. The van der Waals surface area contributed by atoms with Crippen molar-refractivity contribution in [1.29, 1.82) is 0 Å². The van der Waals surface area contributed by atoms with E-state index in [2.05, 4.69) is 10.6 Å². The third kappa shape index (κ3) is 4.09. The lowest BCUT2D eigenvalue weighted by Gasteiger charge is -2.24. The van der Waals surface area contributed by atoms with E-state index in [-0.39, 0.29) is 23.6 Å². The van der Waals surface area contributed by atoms with Crippen molar-refractivity contribution in [2.24, 2.45) is 0 Å². The van der Waals surface area contributed by atoms with Gasteiger partial charge in [-0.25, -0.2) is 14.0 Å². The molecule has 5 nitrogen and oxygen atoms in total. The Kier molecular flexibility index (Phi) is 5.33. The first-order chi connectivity index (χ1) is 9.28. The van der Waals surface area contributed by atoms with E-state index >= 15 is 0 Å². The molecule has 1 aromatic rings. The molecule has 0 fully saturated rings. The molecule has 1 unspecified atom stereocenters. The molecule has 0 aliphatic heterocycles. The highest BCUT2D eigenvalue weighted by Crippen LogP contribution is 2.14. The SMILES string of the molecule is CCC(C)(NC(=O)NCc1ccc(Cl)cc1F)C(=O)O. The van der Waals surface area contributed by atoms with Crippen LogP contribution in [0.1, 0.15) is 25.8 Å². The summed E-state index contributed by atoms with van der Waals surface area (Å²) < 4.78 is 13.5. The molecule has 2 amide bonds. The molecule has 0 bridgehead atoms. The van der Waals surface area contributed by atoms with Crippen molar-refractivity contribution in [3.63, 3.8) is 0 Å². The number of carboxylic acid groups (broad SMARTS) is 1. The minimum Gasteiger partial charge on any atom is -0.480 e. The smallest absolute Gasteiger partial charge is 0.329 e. The normalized spacial score (nSPS) is 13.4. The molecule has 0 saturated carbocycles. The molecular formula is C13H16ClFN2O3. The predicted molar refractivity (Wildman–Crippen MR) is 73.1 cm³/mol. The van der Waals surface area contributed by atoms with Crippen molar-refractivity contribution in [2.75, 3.05) is 0 Å². The van der Waals surface area contributed by atoms with Gasteiger partial charge in [0.2, 0.25) is 0 Å². The molecule has 20 heavy (non-hydrogen) atoms. The van der Waals surface area contributed by atoms with Crippen LogP contribution in [-0.2, 0) is 11.3 Å². The Hall–Kier alpha value is -1.82. The Morgan fingerprint density at radius 2 is 2.10 bits per heavy atom. The zero-order chi connectivity index (χ0) is 15.3. The summed E-state index contributed by atoms with van der Waals surface area (Å²) in [5.74, 6) is -1.66. The van der Waals surface area contributed by atoms with Crippen LogP contribution in [0.5, 0.6) is 0 Å². The molecule has 1 atom stereocenters. The number of benzene rings is 1. The minimum absolute atomic E-state index is 0.0613. The number of rotatable bonds is 5. The number of amides is 2. The van der Waals surface area contributed by atoms with Gasteiger partial charge in [0.1, 0.15) is 11.4 Å². The predicted octanol–water partition coefficient (Wildman–Crippen LogP) is 2.53. The van der Waals surface area contributed by atoms with E-state index in [1.165, 1.54) is 19.1 Å². The molecular weight excluding hydrogens is 287 g/mol. The minimum atomic E-state index is -1.36. The lowest BCUT2D eigenvalue weighted by atomic mass is 10.00. The number of hydrogen-bond acceptors (Lipinski definition) is 2. The van der Waals surface area contributed by atoms with Crippen LogP contribution in [0.25, 0.3) is 0 Å². The largest absolute Gasteiger partial charge is 0.480 e. The van der Waals surface area contributed by atoms with Crippen molar-refractivity contribution in [3.05, 3.63) is 34.6 Å². The van der Waals surface area contributed by atoms with Gasteiger partial charge in [-0.15, -0.1) is 0 Å². The quantitative estimate of drug-likeness (QED) is 0.782. The fraction of sp³-hybridized carbons (Fsp3) is 0.385. The summed E-state index contributed by atoms with van der Waals surface area (Å²) in [5.41, 5.74) is -1.10. The summed E-state index contributed by atoms with van der Waals surface area (Å²) in [6.45, 7) is 2.99. The molecule has 0 heterocycles. The molecule has 1 rings (SSSR count). The van der Waals surface area contributed by atoms with E-state index in [0.29, 0.717) is 0 Å². The standard InChI is InChI=1S/C13H16ClFN2O3/c1-3-13(2,11(18)19)17-12(20)16-7-8-4-5-9(14)6-10(8)15/h4-6H,3,7H2,1-2H3,(H,18,19)(H2,16,17,20). The topological polar surface area (TPSA) is 78.4 Å². The van der Waals surface area contributed by atoms with Crippen LogP contribution in [0, 0.1) is 5.82 Å². The summed E-state index contributed by atoms with van der Waals surface area (Å²) in [6.07, 6.45) is 0.227. The number of nitrogens with one attached hydrogen (secondary N) is 2. The van der Waals surface area contributed by atoms with Crippen LogP contribution < -0.4 is 10.6 Å². The van der Waals surface area contributed by atoms with Gasteiger partial charge in [0.25, 0.3) is 0 Å². The summed E-state index contributed by atoms with van der Waals surface area (Å²) in [7, 11) is 0. The van der Waals surface area contributed by atoms with Gasteiger partial charge in [0, 0.05) is 17.1 Å². The van der Waals surface area contributed by atoms with Crippen LogP contribution in [0.2, 0.25) is 5.02 Å². The molecule has 0 aliphatic rings. The fourth-order valence-electron chi connectivity index (χ4n) is 1.43. The highest BCUT2D eigenvalue weighted by molar-refractivity contribution is 6.30. The molecule has 0 aromatic heterocycles. The molecule has 0 saturated heterocycles. The Morgan fingerprint density at radius 1 is 1.45 bits per heavy atom. The fourth-order valence-corrected chi connectivity index (χ4v) is 1.59. The van der Waals surface area contributed by atoms with E-state index in [9.17, 15) is 14.0 Å². The highest BCUT2D eigenvalue weighted by atomic mass is 35.5.